The van der Waals surface area contributed by atoms with Gasteiger partial charge in [-0.05, 0) is 99.0 Å². The van der Waals surface area contributed by atoms with Crippen molar-refractivity contribution in [1.82, 2.24) is 10.3 Å². The third-order valence-corrected chi connectivity index (χ3v) is 16.1. The fourth-order valence-corrected chi connectivity index (χ4v) is 11.0. The molecule has 0 spiro atoms. The molecule has 3 saturated heterocycles. The van der Waals surface area contributed by atoms with Gasteiger partial charge in [0.15, 0.2) is 18.9 Å². The second-order valence-electron chi connectivity index (χ2n) is 21.0. The highest BCUT2D eigenvalue weighted by Crippen LogP contribution is 2.43. The monoisotopic (exact) mass is 998 g/mol. The summed E-state index contributed by atoms with van der Waals surface area (Å²) in [6, 6.07) is 3.75. The number of ether oxygens (including phenoxy) is 9. The van der Waals surface area contributed by atoms with E-state index >= 15 is 0 Å². The number of hydrogen-bond donors (Lipinski definition) is 3. The lowest BCUT2D eigenvalue weighted by molar-refractivity contribution is -0.322. The highest BCUT2D eigenvalue weighted by Gasteiger charge is 2.52. The van der Waals surface area contributed by atoms with Gasteiger partial charge < -0.3 is 57.7 Å². The molecule has 69 heavy (non-hydrogen) atoms. The number of methoxy groups -OCH3 is 2. The van der Waals surface area contributed by atoms with Crippen molar-refractivity contribution in [3.8, 4) is 5.75 Å². The van der Waals surface area contributed by atoms with Crippen molar-refractivity contribution in [2.45, 2.75) is 193 Å². The second kappa shape index (κ2) is 23.8. The van der Waals surface area contributed by atoms with Crippen LogP contribution in [0.25, 0.3) is 5.03 Å². The summed E-state index contributed by atoms with van der Waals surface area (Å²) in [7, 11) is 7.06. The summed E-state index contributed by atoms with van der Waals surface area (Å²) in [5, 5.41) is 28.5. The maximum atomic E-state index is 14.5. The largest absolute Gasteiger partial charge is 0.488 e. The van der Waals surface area contributed by atoms with Crippen molar-refractivity contribution < 1.29 is 66.8 Å². The number of carbonyl (C=O) groups is 2. The molecule has 4 heterocycles. The minimum atomic E-state index is -1.51. The number of Topliss-reactive ketones (excluding diaryl/α,β-unsaturated/α-hetero) is 1. The molecular weight excluding hydrogens is 917 g/mol. The first-order valence-corrected chi connectivity index (χ1v) is 25.0. The third kappa shape index (κ3) is 13.2. The van der Waals surface area contributed by atoms with Crippen molar-refractivity contribution in [3.05, 3.63) is 35.2 Å². The molecule has 1 aromatic rings. The minimum Gasteiger partial charge on any atom is -0.488 e. The average molecular weight is 999 g/mol. The van der Waals surface area contributed by atoms with E-state index in [-0.39, 0.29) is 60.9 Å². The quantitative estimate of drug-likeness (QED) is 0.144. The van der Waals surface area contributed by atoms with Crippen LogP contribution in [0.2, 0.25) is 0 Å². The van der Waals surface area contributed by atoms with Crippen LogP contribution >= 0.6 is 11.6 Å². The molecule has 0 bridgehead atoms. The van der Waals surface area contributed by atoms with Gasteiger partial charge in [-0.2, -0.15) is 5.10 Å². The van der Waals surface area contributed by atoms with Crippen LogP contribution in [0.5, 0.6) is 5.75 Å². The first-order valence-electron chi connectivity index (χ1n) is 24.6. The molecule has 18 heteroatoms. The Kier molecular flexibility index (Phi) is 19.7. The number of fused-ring (bicyclic) bond motifs is 1. The molecule has 0 radical (unpaired) electrons. The Labute approximate surface area is 414 Å². The molecule has 0 aromatic heterocycles. The topological polar surface area (TPSA) is 185 Å². The number of likely N-dealkylation sites (N-methyl/N-ethyl adjacent to an activating group) is 1. The highest BCUT2D eigenvalue weighted by molar-refractivity contribution is 6.51. The molecule has 4 aliphatic rings. The van der Waals surface area contributed by atoms with Crippen molar-refractivity contribution in [2.24, 2.45) is 34.7 Å². The summed E-state index contributed by atoms with van der Waals surface area (Å²) in [5.41, 5.74) is -0.0376. The van der Waals surface area contributed by atoms with Gasteiger partial charge in [-0.15, -0.1) is 0 Å². The molecule has 0 aliphatic carbocycles. The van der Waals surface area contributed by atoms with Crippen LogP contribution in [0.4, 0.5) is 9.18 Å². The number of carbonyl (C=O) groups excluding carboxylic acids is 2. The van der Waals surface area contributed by atoms with Crippen LogP contribution in [0.15, 0.2) is 28.9 Å². The number of benzene rings is 1. The van der Waals surface area contributed by atoms with E-state index in [0.717, 1.165) is 0 Å². The summed E-state index contributed by atoms with van der Waals surface area (Å²) in [6.07, 6.45) is -5.35. The zero-order valence-electron chi connectivity index (χ0n) is 43.5. The van der Waals surface area contributed by atoms with Gasteiger partial charge in [-0.1, -0.05) is 53.1 Å². The van der Waals surface area contributed by atoms with E-state index in [9.17, 15) is 24.2 Å². The predicted molar refractivity (Wildman–Crippen MR) is 259 cm³/mol. The van der Waals surface area contributed by atoms with Crippen LogP contribution in [0.1, 0.15) is 120 Å². The third-order valence-electron chi connectivity index (χ3n) is 15.6. The molecule has 0 saturated carbocycles. The Morgan fingerprint density at radius 2 is 1.64 bits per heavy atom. The molecule has 1 aromatic carbocycles. The maximum Gasteiger partial charge on any atom is 0.428 e. The minimum absolute atomic E-state index is 0.0235. The fraction of sp³-hybridized carbons (Fsp3) is 0.784. The Balaban J connectivity index is 1.53. The molecule has 4 aliphatic heterocycles. The van der Waals surface area contributed by atoms with Crippen molar-refractivity contribution in [2.75, 3.05) is 34.9 Å². The number of nitrogens with one attached hydrogen (secondary N) is 1. The Bertz CT molecular complexity index is 1960. The Hall–Kier alpha value is -2.81. The summed E-state index contributed by atoms with van der Waals surface area (Å²) in [4.78, 5) is 30.1. The molecule has 16 nitrogen and oxygen atoms in total. The van der Waals surface area contributed by atoms with Crippen molar-refractivity contribution in [3.63, 3.8) is 0 Å². The normalized spacial score (nSPS) is 41.0. The molecule has 3 fully saturated rings. The molecule has 1 amide bonds. The standard InChI is InChI=1S/C51H81ClFN3O13/c1-16-39-49(9,69-48(60)55-54-25-34-26-63-38-18-17-35(53)22-36(38)41(34)52)20-19-27(2)42(57)28(3)23-51(11,62-15)45(68-47-43(58)37(56(12)13)21-29(4)64-47)30(5)44(31(6)46(59)66-39)67-40-24-50(10,61-14)32(7)33(8)65-40/h17-18,22,25,27-33,37,39-40,43-47,58-59H,16,19-21,23-24,26H2,1-15H3,(H,55,60)/b54-25+/t27-,28-,29?,30+,31-,32?,33?,37?,39-,40?,43?,44?,45?,46+,47?,49+,50?,51-/m1/s1. The SMILES string of the molecule is CC[C@H]1O[C@H](O)[C@H](C)C(OC2CC(C)(OC)C(C)C(C)O2)[C@H](C)C(OC2OC(C)CC(N(C)C)C2O)[C@](C)(OC)C[C@@H](C)C(=O)[C@H](C)CC[C@]1(C)OC(=O)N/N=C/C1=C(Cl)c2cc(F)ccc2OC1. The highest BCUT2D eigenvalue weighted by atomic mass is 35.5. The van der Waals surface area contributed by atoms with Gasteiger partial charge in [0.25, 0.3) is 0 Å². The summed E-state index contributed by atoms with van der Waals surface area (Å²) < 4.78 is 72.0. The fourth-order valence-electron chi connectivity index (χ4n) is 10.7. The van der Waals surface area contributed by atoms with E-state index in [1.807, 2.05) is 81.3 Å². The van der Waals surface area contributed by atoms with Crippen LogP contribution in [0, 0.1) is 35.4 Å². The zero-order valence-corrected chi connectivity index (χ0v) is 44.2. The lowest BCUT2D eigenvalue weighted by Gasteiger charge is -2.50. The van der Waals surface area contributed by atoms with E-state index in [2.05, 4.69) is 17.5 Å². The molecule has 392 valence electrons. The van der Waals surface area contributed by atoms with Gasteiger partial charge >= 0.3 is 6.09 Å². The Morgan fingerprint density at radius 1 is 0.957 bits per heavy atom. The van der Waals surface area contributed by atoms with Gasteiger partial charge in [0.05, 0.1) is 53.0 Å². The van der Waals surface area contributed by atoms with E-state index in [0.29, 0.717) is 36.1 Å². The summed E-state index contributed by atoms with van der Waals surface area (Å²) in [6.45, 7) is 21.0. The smallest absolute Gasteiger partial charge is 0.428 e. The first kappa shape index (κ1) is 57.1. The summed E-state index contributed by atoms with van der Waals surface area (Å²) in [5.74, 6) is -2.60. The number of halogens is 2. The zero-order chi connectivity index (χ0) is 51.3. The predicted octanol–water partition coefficient (Wildman–Crippen LogP) is 7.83. The van der Waals surface area contributed by atoms with Crippen molar-refractivity contribution in [1.29, 1.82) is 0 Å². The van der Waals surface area contributed by atoms with E-state index in [1.54, 1.807) is 21.1 Å². The van der Waals surface area contributed by atoms with Crippen molar-refractivity contribution >= 4 is 34.7 Å². The van der Waals surface area contributed by atoms with Crippen LogP contribution < -0.4 is 10.2 Å². The van der Waals surface area contributed by atoms with E-state index in [4.69, 9.17) is 54.2 Å². The number of ketones is 1. The first-order chi connectivity index (χ1) is 32.3. The summed E-state index contributed by atoms with van der Waals surface area (Å²) >= 11 is 6.58. The second-order valence-corrected chi connectivity index (χ2v) is 21.3. The molecular formula is C51H81ClFN3O13. The maximum absolute atomic E-state index is 14.5. The van der Waals surface area contributed by atoms with Gasteiger partial charge in [0.2, 0.25) is 0 Å². The van der Waals surface area contributed by atoms with E-state index < -0.39 is 95.7 Å². The van der Waals surface area contributed by atoms with E-state index in [1.165, 1.54) is 24.4 Å². The number of aliphatic hydroxyl groups excluding tert-OH is 2. The molecule has 3 N–H and O–H groups in total. The number of hydrogen-bond acceptors (Lipinski definition) is 15. The van der Waals surface area contributed by atoms with Gasteiger partial charge in [0, 0.05) is 67.4 Å². The van der Waals surface area contributed by atoms with Gasteiger partial charge in [-0.3, -0.25) is 4.79 Å². The lowest BCUT2D eigenvalue weighted by atomic mass is 9.75. The molecule has 10 unspecified atom stereocenters. The number of rotatable bonds is 11. The number of nitrogens with zero attached hydrogens (tertiary/aromatic N) is 2. The molecule has 18 atom stereocenters. The number of amides is 1. The molecule has 5 rings (SSSR count). The lowest BCUT2D eigenvalue weighted by Crippen LogP contribution is -2.60. The van der Waals surface area contributed by atoms with Crippen LogP contribution in [-0.2, 0) is 42.7 Å². The van der Waals surface area contributed by atoms with Crippen LogP contribution in [-0.4, -0.2) is 146 Å². The van der Waals surface area contributed by atoms with Gasteiger partial charge in [0.1, 0.15) is 35.7 Å². The average Bonchev–Trinajstić information content (AvgIpc) is 3.30. The number of aliphatic hydroxyl groups is 2. The number of hydrazone groups is 1. The van der Waals surface area contributed by atoms with Gasteiger partial charge in [-0.25, -0.2) is 14.6 Å². The van der Waals surface area contributed by atoms with Crippen LogP contribution in [0.3, 0.4) is 0 Å². The Morgan fingerprint density at radius 3 is 2.28 bits per heavy atom.